The Balaban J connectivity index is 1.99. The van der Waals surface area contributed by atoms with Crippen molar-refractivity contribution < 1.29 is 14.3 Å². The van der Waals surface area contributed by atoms with E-state index in [9.17, 15) is 9.59 Å². The molecule has 2 heterocycles. The molecule has 0 aliphatic carbocycles. The zero-order valence-electron chi connectivity index (χ0n) is 12.0. The summed E-state index contributed by atoms with van der Waals surface area (Å²) in [5.74, 6) is 0.0869. The molecular weight excluding hydrogens is 244 g/mol. The van der Waals surface area contributed by atoms with E-state index in [0.717, 1.165) is 25.7 Å². The van der Waals surface area contributed by atoms with Gasteiger partial charge in [-0.15, -0.1) is 0 Å². The molecule has 2 amide bonds. The fraction of sp³-hybridized carbons (Fsp3) is 0.857. The summed E-state index contributed by atoms with van der Waals surface area (Å²) in [5, 5.41) is 0. The lowest BCUT2D eigenvalue weighted by molar-refractivity contribution is -0.119. The Hall–Kier alpha value is -1.26. The highest BCUT2D eigenvalue weighted by molar-refractivity contribution is 5.74. The monoisotopic (exact) mass is 268 g/mol. The lowest BCUT2D eigenvalue weighted by atomic mass is 9.88. The van der Waals surface area contributed by atoms with Crippen LogP contribution in [0.3, 0.4) is 0 Å². The molecule has 5 heteroatoms. The van der Waals surface area contributed by atoms with Crippen LogP contribution in [0.5, 0.6) is 0 Å². The van der Waals surface area contributed by atoms with Crippen LogP contribution in [0.25, 0.3) is 0 Å². The van der Waals surface area contributed by atoms with Crippen molar-refractivity contribution in [2.24, 2.45) is 11.7 Å². The molecule has 0 aromatic carbocycles. The molecule has 2 unspecified atom stereocenters. The largest absolute Gasteiger partial charge is 0.444 e. The number of fused-ring (bicyclic) bond motifs is 2. The highest BCUT2D eigenvalue weighted by Gasteiger charge is 2.44. The normalized spacial score (nSPS) is 30.3. The molecule has 2 bridgehead atoms. The van der Waals surface area contributed by atoms with Gasteiger partial charge in [-0.3, -0.25) is 4.79 Å². The Bertz CT molecular complexity index is 361. The molecule has 0 spiro atoms. The molecule has 19 heavy (non-hydrogen) atoms. The van der Waals surface area contributed by atoms with Gasteiger partial charge in [0.15, 0.2) is 0 Å². The van der Waals surface area contributed by atoms with E-state index in [2.05, 4.69) is 0 Å². The van der Waals surface area contributed by atoms with E-state index in [0.29, 0.717) is 12.3 Å². The number of piperidine rings is 1. The Morgan fingerprint density at radius 3 is 2.16 bits per heavy atom. The van der Waals surface area contributed by atoms with Gasteiger partial charge in [0.1, 0.15) is 5.60 Å². The van der Waals surface area contributed by atoms with Crippen LogP contribution in [0.2, 0.25) is 0 Å². The molecule has 2 atom stereocenters. The Labute approximate surface area is 114 Å². The standard InChI is InChI=1S/C14H24N2O3/c1-14(2,3)19-13(18)16-10-4-5-11(16)7-9(6-10)8-12(15)17/h9-11H,4-8H2,1-3H3,(H2,15,17). The fourth-order valence-electron chi connectivity index (χ4n) is 3.35. The van der Waals surface area contributed by atoms with Crippen molar-refractivity contribution in [3.8, 4) is 0 Å². The molecule has 2 saturated heterocycles. The van der Waals surface area contributed by atoms with Gasteiger partial charge in [0, 0.05) is 18.5 Å². The van der Waals surface area contributed by atoms with Gasteiger partial charge in [-0.25, -0.2) is 4.79 Å². The highest BCUT2D eigenvalue weighted by Crippen LogP contribution is 2.40. The Kier molecular flexibility index (Phi) is 3.74. The number of hydrogen-bond donors (Lipinski definition) is 1. The Morgan fingerprint density at radius 2 is 1.74 bits per heavy atom. The summed E-state index contributed by atoms with van der Waals surface area (Å²) in [4.78, 5) is 25.1. The van der Waals surface area contributed by atoms with Gasteiger partial charge in [-0.1, -0.05) is 0 Å². The van der Waals surface area contributed by atoms with Gasteiger partial charge < -0.3 is 15.4 Å². The number of hydrogen-bond acceptors (Lipinski definition) is 3. The van der Waals surface area contributed by atoms with Crippen LogP contribution in [-0.2, 0) is 9.53 Å². The van der Waals surface area contributed by atoms with E-state index in [1.165, 1.54) is 0 Å². The number of nitrogens with zero attached hydrogens (tertiary/aromatic N) is 1. The first-order chi connectivity index (χ1) is 8.76. The number of ether oxygens (including phenoxy) is 1. The van der Waals surface area contributed by atoms with Crippen molar-refractivity contribution in [2.75, 3.05) is 0 Å². The zero-order chi connectivity index (χ0) is 14.2. The molecule has 2 fully saturated rings. The number of amides is 2. The quantitative estimate of drug-likeness (QED) is 0.833. The minimum Gasteiger partial charge on any atom is -0.444 e. The van der Waals surface area contributed by atoms with Gasteiger partial charge >= 0.3 is 6.09 Å². The first-order valence-electron chi connectivity index (χ1n) is 7.06. The fourth-order valence-corrected chi connectivity index (χ4v) is 3.35. The van der Waals surface area contributed by atoms with Gasteiger partial charge in [-0.2, -0.15) is 0 Å². The summed E-state index contributed by atoms with van der Waals surface area (Å²) in [5.41, 5.74) is 4.81. The van der Waals surface area contributed by atoms with Crippen LogP contribution < -0.4 is 5.73 Å². The molecule has 0 aromatic rings. The summed E-state index contributed by atoms with van der Waals surface area (Å²) in [6.07, 6.45) is 4.00. The summed E-state index contributed by atoms with van der Waals surface area (Å²) in [6.45, 7) is 5.64. The van der Waals surface area contributed by atoms with E-state index < -0.39 is 5.60 Å². The Morgan fingerprint density at radius 1 is 1.21 bits per heavy atom. The average Bonchev–Trinajstić information content (AvgIpc) is 2.47. The lowest BCUT2D eigenvalue weighted by Crippen LogP contribution is -2.48. The molecule has 108 valence electrons. The summed E-state index contributed by atoms with van der Waals surface area (Å²) >= 11 is 0. The van der Waals surface area contributed by atoms with Gasteiger partial charge in [-0.05, 0) is 52.4 Å². The third kappa shape index (κ3) is 3.39. The minimum absolute atomic E-state index is 0.211. The zero-order valence-corrected chi connectivity index (χ0v) is 12.0. The topological polar surface area (TPSA) is 72.6 Å². The van der Waals surface area contributed by atoms with Crippen molar-refractivity contribution in [1.29, 1.82) is 0 Å². The van der Waals surface area contributed by atoms with Crippen LogP contribution in [-0.4, -0.2) is 34.6 Å². The first-order valence-corrected chi connectivity index (χ1v) is 7.06. The van der Waals surface area contributed by atoms with E-state index >= 15 is 0 Å². The second-order valence-corrected chi connectivity index (χ2v) is 6.78. The van der Waals surface area contributed by atoms with Gasteiger partial charge in [0.2, 0.25) is 5.91 Å². The van der Waals surface area contributed by atoms with Gasteiger partial charge in [0.05, 0.1) is 0 Å². The third-order valence-electron chi connectivity index (χ3n) is 3.92. The van der Waals surface area contributed by atoms with Gasteiger partial charge in [0.25, 0.3) is 0 Å². The smallest absolute Gasteiger partial charge is 0.410 e. The summed E-state index contributed by atoms with van der Waals surface area (Å²) in [6, 6.07) is 0.441. The summed E-state index contributed by atoms with van der Waals surface area (Å²) in [7, 11) is 0. The molecule has 5 nitrogen and oxygen atoms in total. The number of primary amides is 1. The van der Waals surface area contributed by atoms with E-state index in [4.69, 9.17) is 10.5 Å². The van der Waals surface area contributed by atoms with Crippen LogP contribution in [0, 0.1) is 5.92 Å². The predicted molar refractivity (Wildman–Crippen MR) is 71.4 cm³/mol. The first kappa shape index (κ1) is 14.2. The third-order valence-corrected chi connectivity index (χ3v) is 3.92. The molecular formula is C14H24N2O3. The molecule has 0 saturated carbocycles. The molecule has 0 aromatic heterocycles. The van der Waals surface area contributed by atoms with Crippen LogP contribution >= 0.6 is 0 Å². The average molecular weight is 268 g/mol. The number of carbonyl (C=O) groups excluding carboxylic acids is 2. The molecule has 2 aliphatic rings. The molecule has 2 aliphatic heterocycles. The highest BCUT2D eigenvalue weighted by atomic mass is 16.6. The maximum Gasteiger partial charge on any atom is 0.410 e. The van der Waals surface area contributed by atoms with E-state index in [1.54, 1.807) is 0 Å². The lowest BCUT2D eigenvalue weighted by Gasteiger charge is -2.39. The maximum absolute atomic E-state index is 12.2. The predicted octanol–water partition coefficient (Wildman–Crippen LogP) is 2.04. The second kappa shape index (κ2) is 5.02. The van der Waals surface area contributed by atoms with Crippen LogP contribution in [0.1, 0.15) is 52.9 Å². The van der Waals surface area contributed by atoms with Crippen molar-refractivity contribution in [3.63, 3.8) is 0 Å². The second-order valence-electron chi connectivity index (χ2n) is 6.78. The number of carbonyl (C=O) groups is 2. The maximum atomic E-state index is 12.2. The SMILES string of the molecule is CC(C)(C)OC(=O)N1C2CCC1CC(CC(N)=O)C2. The van der Waals surface area contributed by atoms with Crippen LogP contribution in [0.4, 0.5) is 4.79 Å². The molecule has 0 radical (unpaired) electrons. The summed E-state index contributed by atoms with van der Waals surface area (Å²) < 4.78 is 5.47. The molecule has 2 rings (SSSR count). The number of rotatable bonds is 2. The van der Waals surface area contributed by atoms with Crippen molar-refractivity contribution in [1.82, 2.24) is 4.90 Å². The van der Waals surface area contributed by atoms with Crippen molar-refractivity contribution in [2.45, 2.75) is 70.6 Å². The minimum atomic E-state index is -0.458. The van der Waals surface area contributed by atoms with Crippen LogP contribution in [0.15, 0.2) is 0 Å². The van der Waals surface area contributed by atoms with E-state index in [1.807, 2.05) is 25.7 Å². The van der Waals surface area contributed by atoms with Crippen molar-refractivity contribution >= 4 is 12.0 Å². The number of nitrogens with two attached hydrogens (primary N) is 1. The van der Waals surface area contributed by atoms with Crippen molar-refractivity contribution in [3.05, 3.63) is 0 Å². The molecule has 2 N–H and O–H groups in total. The van der Waals surface area contributed by atoms with E-state index in [-0.39, 0.29) is 24.1 Å².